The average Bonchev–Trinajstić information content (AvgIpc) is 3.21. The fourth-order valence-electron chi connectivity index (χ4n) is 3.39. The van der Waals surface area contributed by atoms with Crippen LogP contribution in [0.2, 0.25) is 0 Å². The molecule has 0 radical (unpaired) electrons. The van der Waals surface area contributed by atoms with Gasteiger partial charge in [-0.15, -0.1) is 0 Å². The molecule has 1 amide bonds. The third-order valence-electron chi connectivity index (χ3n) is 4.89. The average molecular weight is 434 g/mol. The highest BCUT2D eigenvalue weighted by atomic mass is 19.3. The molecule has 31 heavy (non-hydrogen) atoms. The molecule has 0 saturated carbocycles. The summed E-state index contributed by atoms with van der Waals surface area (Å²) in [5.41, 5.74) is 1.28. The number of likely N-dealkylation sites (tertiary alicyclic amines) is 1. The molecule has 162 valence electrons. The summed E-state index contributed by atoms with van der Waals surface area (Å²) in [6.07, 6.45) is -6.52. The van der Waals surface area contributed by atoms with E-state index in [1.807, 2.05) is 24.3 Å². The topological polar surface area (TPSA) is 67.3 Å². The minimum absolute atomic E-state index is 0.130. The largest absolute Gasteiger partial charge is 0.461 e. The van der Waals surface area contributed by atoms with Crippen molar-refractivity contribution in [3.63, 3.8) is 0 Å². The first-order valence-corrected chi connectivity index (χ1v) is 9.55. The van der Waals surface area contributed by atoms with Gasteiger partial charge in [-0.2, -0.15) is 17.6 Å². The van der Waals surface area contributed by atoms with Gasteiger partial charge < -0.3 is 15.0 Å². The molecule has 1 fully saturated rings. The summed E-state index contributed by atoms with van der Waals surface area (Å²) in [6.45, 7) is 0.643. The third-order valence-corrected chi connectivity index (χ3v) is 4.89. The van der Waals surface area contributed by atoms with E-state index in [0.717, 1.165) is 17.1 Å². The number of anilines is 1. The molecule has 4 rings (SSSR count). The minimum Gasteiger partial charge on any atom is -0.427 e. The fourth-order valence-corrected chi connectivity index (χ4v) is 3.39. The number of amides is 1. The van der Waals surface area contributed by atoms with Crippen LogP contribution in [0.1, 0.15) is 16.8 Å². The highest BCUT2D eigenvalue weighted by molar-refractivity contribution is 5.97. The molecule has 0 spiro atoms. The zero-order chi connectivity index (χ0) is 22.0. The first-order chi connectivity index (χ1) is 14.8. The summed E-state index contributed by atoms with van der Waals surface area (Å²) in [5.74, 6) is -0.609. The number of hydrogen-bond donors (Lipinski definition) is 1. The Morgan fingerprint density at radius 3 is 2.61 bits per heavy atom. The lowest BCUT2D eigenvalue weighted by Gasteiger charge is -2.21. The molecule has 2 heterocycles. The predicted octanol–water partition coefficient (Wildman–Crippen LogP) is 4.19. The normalized spacial score (nSPS) is 16.7. The lowest BCUT2D eigenvalue weighted by atomic mass is 10.1. The van der Waals surface area contributed by atoms with Crippen molar-refractivity contribution < 1.29 is 27.1 Å². The number of carbonyl (C=O) groups excluding carboxylic acids is 1. The molecular formula is C21H18F4N4O2. The van der Waals surface area contributed by atoms with Crippen LogP contribution < -0.4 is 10.1 Å². The number of ether oxygens (including phenoxy) is 1. The smallest absolute Gasteiger partial charge is 0.427 e. The molecule has 1 N–H and O–H groups in total. The third kappa shape index (κ3) is 4.52. The second-order valence-corrected chi connectivity index (χ2v) is 7.09. The number of para-hydroxylation sites is 3. The summed E-state index contributed by atoms with van der Waals surface area (Å²) in [7, 11) is 0. The number of carbonyl (C=O) groups is 1. The summed E-state index contributed by atoms with van der Waals surface area (Å²) in [5, 5.41) is 3.22. The van der Waals surface area contributed by atoms with Crippen molar-refractivity contribution in [1.29, 1.82) is 0 Å². The molecule has 0 bridgehead atoms. The van der Waals surface area contributed by atoms with E-state index in [1.165, 1.54) is 23.1 Å². The Bertz CT molecular complexity index is 1100. The van der Waals surface area contributed by atoms with Crippen molar-refractivity contribution in [2.75, 3.05) is 18.4 Å². The number of halogens is 4. The van der Waals surface area contributed by atoms with Gasteiger partial charge in [-0.1, -0.05) is 24.3 Å². The maximum atomic E-state index is 13.3. The first-order valence-electron chi connectivity index (χ1n) is 9.55. The second kappa shape index (κ2) is 8.37. The van der Waals surface area contributed by atoms with E-state index in [0.29, 0.717) is 18.8 Å². The maximum absolute atomic E-state index is 13.3. The van der Waals surface area contributed by atoms with Crippen LogP contribution in [0.25, 0.3) is 11.0 Å². The maximum Gasteiger partial charge on any atom is 0.461 e. The number of benzene rings is 2. The Kier molecular flexibility index (Phi) is 5.62. The van der Waals surface area contributed by atoms with Gasteiger partial charge in [-0.25, -0.2) is 4.98 Å². The summed E-state index contributed by atoms with van der Waals surface area (Å²) >= 11 is 0. The summed E-state index contributed by atoms with van der Waals surface area (Å²) < 4.78 is 55.9. The van der Waals surface area contributed by atoms with E-state index in [4.69, 9.17) is 0 Å². The number of fused-ring (bicyclic) bond motifs is 1. The number of alkyl halides is 4. The first kappa shape index (κ1) is 20.8. The Morgan fingerprint density at radius 2 is 1.84 bits per heavy atom. The van der Waals surface area contributed by atoms with Crippen molar-refractivity contribution in [2.45, 2.75) is 25.0 Å². The van der Waals surface area contributed by atoms with Gasteiger partial charge in [0.2, 0.25) is 0 Å². The number of hydrogen-bond acceptors (Lipinski definition) is 5. The Labute approximate surface area is 174 Å². The Hall–Kier alpha value is -3.43. The van der Waals surface area contributed by atoms with Crippen molar-refractivity contribution in [3.05, 3.63) is 60.3 Å². The van der Waals surface area contributed by atoms with Crippen LogP contribution in [0.3, 0.4) is 0 Å². The van der Waals surface area contributed by atoms with Crippen LogP contribution in [-0.2, 0) is 0 Å². The molecule has 1 unspecified atom stereocenters. The van der Waals surface area contributed by atoms with Crippen LogP contribution in [0.4, 0.5) is 23.4 Å². The van der Waals surface area contributed by atoms with Crippen molar-refractivity contribution in [3.8, 4) is 5.75 Å². The SMILES string of the molecule is O=C(c1ccccc1OC(F)(F)C(F)F)N1CCC(Nc2cnc3ccccc3n2)C1. The van der Waals surface area contributed by atoms with E-state index < -0.39 is 24.2 Å². The van der Waals surface area contributed by atoms with E-state index in [2.05, 4.69) is 20.0 Å². The van der Waals surface area contributed by atoms with E-state index in [1.54, 1.807) is 6.20 Å². The molecule has 0 aliphatic carbocycles. The Balaban J connectivity index is 1.45. The molecule has 1 saturated heterocycles. The highest BCUT2D eigenvalue weighted by Gasteiger charge is 2.44. The van der Waals surface area contributed by atoms with Gasteiger partial charge in [-0.05, 0) is 30.7 Å². The number of rotatable bonds is 6. The molecule has 1 aliphatic heterocycles. The van der Waals surface area contributed by atoms with Gasteiger partial charge >= 0.3 is 12.5 Å². The predicted molar refractivity (Wildman–Crippen MR) is 105 cm³/mol. The summed E-state index contributed by atoms with van der Waals surface area (Å²) in [4.78, 5) is 23.1. The monoisotopic (exact) mass is 434 g/mol. The van der Waals surface area contributed by atoms with Crippen molar-refractivity contribution >= 4 is 22.8 Å². The van der Waals surface area contributed by atoms with Gasteiger partial charge in [-0.3, -0.25) is 9.78 Å². The van der Waals surface area contributed by atoms with Crippen LogP contribution in [0.5, 0.6) is 5.75 Å². The number of aromatic nitrogens is 2. The molecule has 1 aliphatic rings. The highest BCUT2D eigenvalue weighted by Crippen LogP contribution is 2.31. The zero-order valence-electron chi connectivity index (χ0n) is 16.1. The van der Waals surface area contributed by atoms with Crippen molar-refractivity contribution in [2.24, 2.45) is 0 Å². The molecule has 2 aromatic carbocycles. The van der Waals surface area contributed by atoms with Crippen LogP contribution in [-0.4, -0.2) is 52.4 Å². The molecule has 1 aromatic heterocycles. The Morgan fingerprint density at radius 1 is 1.13 bits per heavy atom. The van der Waals surface area contributed by atoms with Gasteiger partial charge in [0.1, 0.15) is 11.6 Å². The molecule has 1 atom stereocenters. The number of nitrogens with zero attached hydrogens (tertiary/aromatic N) is 3. The van der Waals surface area contributed by atoms with E-state index in [-0.39, 0.29) is 18.2 Å². The van der Waals surface area contributed by atoms with Gasteiger partial charge in [0, 0.05) is 19.1 Å². The molecule has 6 nitrogen and oxygen atoms in total. The second-order valence-electron chi connectivity index (χ2n) is 7.09. The van der Waals surface area contributed by atoms with Gasteiger partial charge in [0.15, 0.2) is 0 Å². The minimum atomic E-state index is -4.69. The van der Waals surface area contributed by atoms with Crippen molar-refractivity contribution in [1.82, 2.24) is 14.9 Å². The van der Waals surface area contributed by atoms with Crippen LogP contribution >= 0.6 is 0 Å². The van der Waals surface area contributed by atoms with Gasteiger partial charge in [0.05, 0.1) is 22.8 Å². The molecule has 10 heteroatoms. The lowest BCUT2D eigenvalue weighted by Crippen LogP contribution is -2.35. The molecule has 3 aromatic rings. The van der Waals surface area contributed by atoms with Crippen LogP contribution in [0.15, 0.2) is 54.7 Å². The van der Waals surface area contributed by atoms with E-state index >= 15 is 0 Å². The van der Waals surface area contributed by atoms with Gasteiger partial charge in [0.25, 0.3) is 5.91 Å². The standard InChI is InChI=1S/C21H18F4N4O2/c22-20(23)21(24,25)31-17-8-4-1-5-14(17)19(30)29-10-9-13(12-29)27-18-11-26-15-6-2-3-7-16(15)28-18/h1-8,11,13,20H,9-10,12H2,(H,27,28). The lowest BCUT2D eigenvalue weighted by molar-refractivity contribution is -0.253. The quantitative estimate of drug-likeness (QED) is 0.590. The van der Waals surface area contributed by atoms with Crippen LogP contribution in [0, 0.1) is 0 Å². The molecular weight excluding hydrogens is 416 g/mol. The summed E-state index contributed by atoms with van der Waals surface area (Å²) in [6, 6.07) is 12.4. The van der Waals surface area contributed by atoms with E-state index in [9.17, 15) is 22.4 Å². The zero-order valence-corrected chi connectivity index (χ0v) is 16.1. The number of nitrogens with one attached hydrogen (secondary N) is 1. The fraction of sp³-hybridized carbons (Fsp3) is 0.286.